The number of carbonyl (C=O) groups is 1. The predicted octanol–water partition coefficient (Wildman–Crippen LogP) is 1.89. The van der Waals surface area contributed by atoms with Crippen LogP contribution in [0.3, 0.4) is 0 Å². The quantitative estimate of drug-likeness (QED) is 0.768. The van der Waals surface area contributed by atoms with Gasteiger partial charge in [0.25, 0.3) is 0 Å². The van der Waals surface area contributed by atoms with Crippen molar-refractivity contribution in [1.82, 2.24) is 4.68 Å². The van der Waals surface area contributed by atoms with Crippen LogP contribution in [-0.2, 0) is 0 Å². The van der Waals surface area contributed by atoms with Crippen molar-refractivity contribution in [3.63, 3.8) is 0 Å². The molecule has 0 unspecified atom stereocenters. The molecule has 0 fully saturated rings. The molecule has 0 aliphatic carbocycles. The number of carbonyl (C=O) groups excluding carboxylic acids is 1. The minimum absolute atomic E-state index is 0.0231. The highest BCUT2D eigenvalue weighted by Crippen LogP contribution is 2.09. The van der Waals surface area contributed by atoms with E-state index < -0.39 is 0 Å². The molecular weight excluding hydrogens is 188 g/mol. The van der Waals surface area contributed by atoms with E-state index in [1.807, 2.05) is 42.6 Å². The molecule has 76 valence electrons. The van der Waals surface area contributed by atoms with Gasteiger partial charge in [0.1, 0.15) is 5.69 Å². The van der Waals surface area contributed by atoms with E-state index in [1.165, 1.54) is 0 Å². The average Bonchev–Trinajstić information content (AvgIpc) is 2.77. The lowest BCUT2D eigenvalue weighted by Gasteiger charge is -2.06. The maximum absolute atomic E-state index is 12.0. The summed E-state index contributed by atoms with van der Waals surface area (Å²) in [4.78, 5) is 12.0. The maximum atomic E-state index is 12.0. The van der Waals surface area contributed by atoms with Crippen LogP contribution in [0.2, 0.25) is 0 Å². The van der Waals surface area contributed by atoms with E-state index in [1.54, 1.807) is 17.8 Å². The second kappa shape index (κ2) is 4.00. The third kappa shape index (κ3) is 1.76. The van der Waals surface area contributed by atoms with Gasteiger partial charge in [-0.1, -0.05) is 30.3 Å². The molecule has 2 rings (SSSR count). The van der Waals surface area contributed by atoms with Crippen LogP contribution < -0.4 is 5.43 Å². The third-order valence-electron chi connectivity index (χ3n) is 2.26. The fourth-order valence-electron chi connectivity index (χ4n) is 1.50. The molecule has 0 amide bonds. The van der Waals surface area contributed by atoms with Crippen molar-refractivity contribution in [3.8, 4) is 0 Å². The first-order valence-corrected chi connectivity index (χ1v) is 4.78. The van der Waals surface area contributed by atoms with Crippen LogP contribution in [0.15, 0.2) is 48.7 Å². The van der Waals surface area contributed by atoms with Crippen molar-refractivity contribution in [2.24, 2.45) is 0 Å². The largest absolute Gasteiger partial charge is 0.329 e. The van der Waals surface area contributed by atoms with Crippen molar-refractivity contribution in [2.75, 3.05) is 12.5 Å². The molecular formula is C12H12N2O. The topological polar surface area (TPSA) is 34.0 Å². The van der Waals surface area contributed by atoms with E-state index in [-0.39, 0.29) is 5.78 Å². The predicted molar refractivity (Wildman–Crippen MR) is 59.6 cm³/mol. The number of ketones is 1. The first-order valence-electron chi connectivity index (χ1n) is 4.78. The first-order chi connectivity index (χ1) is 7.33. The lowest BCUT2D eigenvalue weighted by atomic mass is 10.1. The van der Waals surface area contributed by atoms with Gasteiger partial charge < -0.3 is 5.43 Å². The molecule has 15 heavy (non-hydrogen) atoms. The van der Waals surface area contributed by atoms with E-state index in [9.17, 15) is 4.79 Å². The summed E-state index contributed by atoms with van der Waals surface area (Å²) in [5.41, 5.74) is 4.27. The molecule has 0 radical (unpaired) electrons. The Hall–Kier alpha value is -2.03. The number of hydrogen-bond donors (Lipinski definition) is 1. The molecule has 1 aromatic heterocycles. The van der Waals surface area contributed by atoms with Gasteiger partial charge in [0.05, 0.1) is 0 Å². The summed E-state index contributed by atoms with van der Waals surface area (Å²) in [5, 5.41) is 0. The van der Waals surface area contributed by atoms with Gasteiger partial charge in [-0.2, -0.15) is 0 Å². The Morgan fingerprint density at radius 3 is 2.53 bits per heavy atom. The zero-order valence-electron chi connectivity index (χ0n) is 8.47. The second-order valence-corrected chi connectivity index (χ2v) is 3.18. The lowest BCUT2D eigenvalue weighted by Crippen LogP contribution is -2.15. The van der Waals surface area contributed by atoms with Crippen LogP contribution in [-0.4, -0.2) is 17.5 Å². The Kier molecular flexibility index (Phi) is 2.54. The Balaban J connectivity index is 2.37. The molecule has 0 aliphatic rings. The molecule has 0 aliphatic heterocycles. The van der Waals surface area contributed by atoms with Crippen LogP contribution in [0.1, 0.15) is 16.1 Å². The molecule has 2 aromatic rings. The standard InChI is InChI=1S/C12H12N2O/c1-13-14-9-5-8-11(14)12(15)10-6-3-2-4-7-10/h2-9,13H,1H3. The molecule has 0 saturated carbocycles. The normalized spacial score (nSPS) is 9.93. The Morgan fingerprint density at radius 2 is 1.87 bits per heavy atom. The molecule has 0 atom stereocenters. The maximum Gasteiger partial charge on any atom is 0.211 e. The summed E-state index contributed by atoms with van der Waals surface area (Å²) >= 11 is 0. The fraction of sp³-hybridized carbons (Fsp3) is 0.0833. The summed E-state index contributed by atoms with van der Waals surface area (Å²) in [5.74, 6) is 0.0231. The molecule has 1 aromatic carbocycles. The van der Waals surface area contributed by atoms with E-state index in [2.05, 4.69) is 5.43 Å². The van der Waals surface area contributed by atoms with E-state index >= 15 is 0 Å². The van der Waals surface area contributed by atoms with E-state index in [0.29, 0.717) is 11.3 Å². The van der Waals surface area contributed by atoms with Crippen molar-refractivity contribution in [3.05, 3.63) is 59.9 Å². The monoisotopic (exact) mass is 200 g/mol. The molecule has 3 nitrogen and oxygen atoms in total. The highest BCUT2D eigenvalue weighted by atomic mass is 16.1. The van der Waals surface area contributed by atoms with Crippen LogP contribution in [0, 0.1) is 0 Å². The van der Waals surface area contributed by atoms with Crippen LogP contribution in [0.25, 0.3) is 0 Å². The fourth-order valence-corrected chi connectivity index (χ4v) is 1.50. The second-order valence-electron chi connectivity index (χ2n) is 3.18. The highest BCUT2D eigenvalue weighted by molar-refractivity contribution is 6.08. The first kappa shape index (κ1) is 9.52. The van der Waals surface area contributed by atoms with Gasteiger partial charge in [-0.25, -0.2) is 0 Å². The molecule has 0 spiro atoms. The third-order valence-corrected chi connectivity index (χ3v) is 2.26. The van der Waals surface area contributed by atoms with Gasteiger partial charge >= 0.3 is 0 Å². The van der Waals surface area contributed by atoms with Crippen molar-refractivity contribution < 1.29 is 4.79 Å². The van der Waals surface area contributed by atoms with Crippen molar-refractivity contribution in [1.29, 1.82) is 0 Å². The molecule has 3 heteroatoms. The minimum Gasteiger partial charge on any atom is -0.329 e. The highest BCUT2D eigenvalue weighted by Gasteiger charge is 2.11. The number of benzene rings is 1. The SMILES string of the molecule is CNn1cccc1C(=O)c1ccccc1. The summed E-state index contributed by atoms with van der Waals surface area (Å²) in [6.45, 7) is 0. The Bertz CT molecular complexity index is 459. The number of rotatable bonds is 3. The van der Waals surface area contributed by atoms with Crippen molar-refractivity contribution in [2.45, 2.75) is 0 Å². The van der Waals surface area contributed by atoms with Gasteiger partial charge in [0.15, 0.2) is 0 Å². The molecule has 1 N–H and O–H groups in total. The van der Waals surface area contributed by atoms with Crippen LogP contribution in [0.5, 0.6) is 0 Å². The summed E-state index contributed by atoms with van der Waals surface area (Å²) in [6, 6.07) is 12.9. The number of hydrogen-bond acceptors (Lipinski definition) is 2. The molecule has 0 bridgehead atoms. The minimum atomic E-state index is 0.0231. The zero-order chi connectivity index (χ0) is 10.7. The summed E-state index contributed by atoms with van der Waals surface area (Å²) < 4.78 is 1.70. The number of nitrogens with one attached hydrogen (secondary N) is 1. The Morgan fingerprint density at radius 1 is 1.13 bits per heavy atom. The smallest absolute Gasteiger partial charge is 0.211 e. The van der Waals surface area contributed by atoms with E-state index in [4.69, 9.17) is 0 Å². The van der Waals surface area contributed by atoms with Crippen LogP contribution >= 0.6 is 0 Å². The summed E-state index contributed by atoms with van der Waals surface area (Å²) in [6.07, 6.45) is 1.82. The summed E-state index contributed by atoms with van der Waals surface area (Å²) in [7, 11) is 1.78. The Labute approximate surface area is 88.3 Å². The number of nitrogens with zero attached hydrogens (tertiary/aromatic N) is 1. The van der Waals surface area contributed by atoms with Gasteiger partial charge in [0.2, 0.25) is 5.78 Å². The molecule has 1 heterocycles. The van der Waals surface area contributed by atoms with Gasteiger partial charge in [-0.05, 0) is 12.1 Å². The van der Waals surface area contributed by atoms with Crippen molar-refractivity contribution >= 4 is 5.78 Å². The lowest BCUT2D eigenvalue weighted by molar-refractivity contribution is 0.103. The van der Waals surface area contributed by atoms with Gasteiger partial charge in [-0.15, -0.1) is 0 Å². The molecule has 0 saturated heterocycles. The number of aromatic nitrogens is 1. The van der Waals surface area contributed by atoms with Gasteiger partial charge in [0, 0.05) is 18.8 Å². The van der Waals surface area contributed by atoms with Crippen LogP contribution in [0.4, 0.5) is 0 Å². The zero-order valence-corrected chi connectivity index (χ0v) is 8.47. The van der Waals surface area contributed by atoms with E-state index in [0.717, 1.165) is 0 Å². The average molecular weight is 200 g/mol. The van der Waals surface area contributed by atoms with Gasteiger partial charge in [-0.3, -0.25) is 9.47 Å².